The lowest BCUT2D eigenvalue weighted by atomic mass is 10.1. The second-order valence-corrected chi connectivity index (χ2v) is 4.93. The van der Waals surface area contributed by atoms with Crippen LogP contribution in [-0.2, 0) is 0 Å². The summed E-state index contributed by atoms with van der Waals surface area (Å²) in [5.74, 6) is 2.59. The molecule has 1 fully saturated rings. The van der Waals surface area contributed by atoms with Crippen LogP contribution in [0.25, 0.3) is 0 Å². The van der Waals surface area contributed by atoms with E-state index in [4.69, 9.17) is 0 Å². The molecule has 3 nitrogen and oxygen atoms in total. The van der Waals surface area contributed by atoms with Crippen LogP contribution in [0.1, 0.15) is 32.0 Å². The van der Waals surface area contributed by atoms with Gasteiger partial charge in [0.25, 0.3) is 0 Å². The molecule has 15 heavy (non-hydrogen) atoms. The van der Waals surface area contributed by atoms with Crippen LogP contribution >= 0.6 is 15.9 Å². The molecule has 0 aliphatic heterocycles. The third-order valence-corrected chi connectivity index (χ3v) is 3.18. The smallest absolute Gasteiger partial charge is 0.131 e. The third kappa shape index (κ3) is 2.91. The average molecular weight is 270 g/mol. The first-order valence-corrected chi connectivity index (χ1v) is 6.26. The molecule has 0 radical (unpaired) electrons. The summed E-state index contributed by atoms with van der Waals surface area (Å²) in [5.41, 5.74) is 0. The van der Waals surface area contributed by atoms with Crippen molar-refractivity contribution in [3.05, 3.63) is 16.5 Å². The average Bonchev–Trinajstić information content (AvgIpc) is 2.95. The fraction of sp³-hybridized carbons (Fsp3) is 0.636. The molecule has 0 aromatic carbocycles. The number of anilines is 1. The van der Waals surface area contributed by atoms with E-state index in [1.54, 1.807) is 0 Å². The van der Waals surface area contributed by atoms with Gasteiger partial charge in [-0.1, -0.05) is 6.92 Å². The highest BCUT2D eigenvalue weighted by Gasteiger charge is 2.30. The summed E-state index contributed by atoms with van der Waals surface area (Å²) in [7, 11) is 0. The van der Waals surface area contributed by atoms with E-state index < -0.39 is 0 Å². The molecule has 1 aromatic heterocycles. The van der Waals surface area contributed by atoms with Crippen molar-refractivity contribution < 1.29 is 0 Å². The van der Waals surface area contributed by atoms with E-state index in [2.05, 4.69) is 38.1 Å². The molecule has 0 bridgehead atoms. The summed E-state index contributed by atoms with van der Waals surface area (Å²) in [6.07, 6.45) is 3.87. The molecule has 0 saturated heterocycles. The van der Waals surface area contributed by atoms with Gasteiger partial charge < -0.3 is 5.32 Å². The molecule has 1 heterocycles. The van der Waals surface area contributed by atoms with Gasteiger partial charge in [-0.3, -0.25) is 0 Å². The van der Waals surface area contributed by atoms with E-state index >= 15 is 0 Å². The van der Waals surface area contributed by atoms with Crippen LogP contribution in [0.3, 0.4) is 0 Å². The molecular formula is C11H16BrN3. The summed E-state index contributed by atoms with van der Waals surface area (Å²) < 4.78 is 0.850. The third-order valence-electron chi connectivity index (χ3n) is 2.77. The Balaban J connectivity index is 2.08. The number of hydrogen-bond acceptors (Lipinski definition) is 3. The second-order valence-electron chi connectivity index (χ2n) is 4.12. The van der Waals surface area contributed by atoms with Gasteiger partial charge in [0.05, 0.1) is 0 Å². The maximum absolute atomic E-state index is 4.38. The molecule has 0 spiro atoms. The zero-order valence-electron chi connectivity index (χ0n) is 9.13. The fourth-order valence-electron chi connectivity index (χ4n) is 1.85. The monoisotopic (exact) mass is 269 g/mol. The van der Waals surface area contributed by atoms with Gasteiger partial charge in [-0.15, -0.1) is 0 Å². The predicted octanol–water partition coefficient (Wildman–Crippen LogP) is 3.15. The largest absolute Gasteiger partial charge is 0.367 e. The molecule has 82 valence electrons. The van der Waals surface area contributed by atoms with Crippen molar-refractivity contribution in [3.63, 3.8) is 0 Å². The van der Waals surface area contributed by atoms with Crippen LogP contribution in [0, 0.1) is 12.8 Å². The number of nitrogens with zero attached hydrogens (tertiary/aromatic N) is 2. The maximum Gasteiger partial charge on any atom is 0.131 e. The minimum absolute atomic E-state index is 0.575. The van der Waals surface area contributed by atoms with Crippen LogP contribution in [0.15, 0.2) is 10.7 Å². The molecule has 1 aliphatic carbocycles. The Morgan fingerprint density at radius 3 is 2.80 bits per heavy atom. The Morgan fingerprint density at radius 1 is 1.53 bits per heavy atom. The number of rotatable bonds is 4. The topological polar surface area (TPSA) is 37.8 Å². The number of hydrogen-bond donors (Lipinski definition) is 1. The lowest BCUT2D eigenvalue weighted by Gasteiger charge is -2.16. The maximum atomic E-state index is 4.38. The van der Waals surface area contributed by atoms with Crippen LogP contribution in [0.4, 0.5) is 5.82 Å². The van der Waals surface area contributed by atoms with E-state index in [1.807, 2.05) is 13.0 Å². The van der Waals surface area contributed by atoms with Crippen molar-refractivity contribution in [1.82, 2.24) is 9.97 Å². The van der Waals surface area contributed by atoms with Gasteiger partial charge in [-0.05, 0) is 48.0 Å². The molecule has 4 heteroatoms. The van der Waals surface area contributed by atoms with Gasteiger partial charge in [-0.25, -0.2) is 9.97 Å². The predicted molar refractivity (Wildman–Crippen MR) is 64.9 cm³/mol. The van der Waals surface area contributed by atoms with Gasteiger partial charge in [0, 0.05) is 12.1 Å². The van der Waals surface area contributed by atoms with Gasteiger partial charge >= 0.3 is 0 Å². The summed E-state index contributed by atoms with van der Waals surface area (Å²) in [6.45, 7) is 4.13. The molecule has 1 aromatic rings. The van der Waals surface area contributed by atoms with Crippen LogP contribution in [0.5, 0.6) is 0 Å². The number of aromatic nitrogens is 2. The lowest BCUT2D eigenvalue weighted by Crippen LogP contribution is -2.21. The molecule has 1 aliphatic rings. The van der Waals surface area contributed by atoms with Crippen molar-refractivity contribution in [3.8, 4) is 0 Å². The normalized spacial score (nSPS) is 17.5. The van der Waals surface area contributed by atoms with Gasteiger partial charge in [-0.2, -0.15) is 0 Å². The molecule has 0 amide bonds. The summed E-state index contributed by atoms with van der Waals surface area (Å²) in [4.78, 5) is 8.57. The SMILES string of the molecule is CCC(Nc1cc(Br)nc(C)n1)C1CC1. The van der Waals surface area contributed by atoms with Crippen molar-refractivity contribution in [1.29, 1.82) is 0 Å². The standard InChI is InChI=1S/C11H16BrN3/c1-3-9(8-4-5-8)15-11-6-10(12)13-7(2)14-11/h6,8-9H,3-5H2,1-2H3,(H,13,14,15). The van der Waals surface area contributed by atoms with E-state index in [0.29, 0.717) is 6.04 Å². The quantitative estimate of drug-likeness (QED) is 0.854. The van der Waals surface area contributed by atoms with E-state index in [1.165, 1.54) is 12.8 Å². The molecule has 1 saturated carbocycles. The highest BCUT2D eigenvalue weighted by atomic mass is 79.9. The minimum atomic E-state index is 0.575. The Kier molecular flexibility index (Phi) is 3.24. The second kappa shape index (κ2) is 4.47. The molecule has 1 unspecified atom stereocenters. The first-order chi connectivity index (χ1) is 7.19. The van der Waals surface area contributed by atoms with Gasteiger partial charge in [0.1, 0.15) is 16.2 Å². The fourth-order valence-corrected chi connectivity index (χ4v) is 2.32. The van der Waals surface area contributed by atoms with Gasteiger partial charge in [0.15, 0.2) is 0 Å². The zero-order valence-corrected chi connectivity index (χ0v) is 10.7. The van der Waals surface area contributed by atoms with Crippen molar-refractivity contribution in [2.75, 3.05) is 5.32 Å². The number of aryl methyl sites for hydroxylation is 1. The Bertz CT molecular complexity index is 329. The van der Waals surface area contributed by atoms with E-state index in [0.717, 1.165) is 28.6 Å². The summed E-state index contributed by atoms with van der Waals surface area (Å²) >= 11 is 3.39. The molecule has 1 atom stereocenters. The Morgan fingerprint density at radius 2 is 2.27 bits per heavy atom. The Hall–Kier alpha value is -0.640. The molecular weight excluding hydrogens is 254 g/mol. The number of nitrogens with one attached hydrogen (secondary N) is 1. The zero-order chi connectivity index (χ0) is 10.8. The van der Waals surface area contributed by atoms with Crippen molar-refractivity contribution in [2.45, 2.75) is 39.2 Å². The highest BCUT2D eigenvalue weighted by molar-refractivity contribution is 9.10. The van der Waals surface area contributed by atoms with Crippen LogP contribution < -0.4 is 5.32 Å². The molecule has 2 rings (SSSR count). The Labute approximate surface area is 98.8 Å². The van der Waals surface area contributed by atoms with Crippen molar-refractivity contribution >= 4 is 21.7 Å². The highest BCUT2D eigenvalue weighted by Crippen LogP contribution is 2.35. The van der Waals surface area contributed by atoms with Crippen LogP contribution in [0.2, 0.25) is 0 Å². The first-order valence-electron chi connectivity index (χ1n) is 5.46. The first kappa shape index (κ1) is 10.9. The molecule has 1 N–H and O–H groups in total. The lowest BCUT2D eigenvalue weighted by molar-refractivity contribution is 0.613. The summed E-state index contributed by atoms with van der Waals surface area (Å²) in [5, 5.41) is 3.49. The van der Waals surface area contributed by atoms with Gasteiger partial charge in [0.2, 0.25) is 0 Å². The van der Waals surface area contributed by atoms with Crippen molar-refractivity contribution in [2.24, 2.45) is 5.92 Å². The summed E-state index contributed by atoms with van der Waals surface area (Å²) in [6, 6.07) is 2.52. The van der Waals surface area contributed by atoms with E-state index in [9.17, 15) is 0 Å². The van der Waals surface area contributed by atoms with E-state index in [-0.39, 0.29) is 0 Å². The van der Waals surface area contributed by atoms with Crippen LogP contribution in [-0.4, -0.2) is 16.0 Å². The minimum Gasteiger partial charge on any atom is -0.367 e. The number of halogens is 1.